The molecule has 0 unspecified atom stereocenters. The fourth-order valence-electron chi connectivity index (χ4n) is 1.81. The van der Waals surface area contributed by atoms with Crippen molar-refractivity contribution in [1.82, 2.24) is 9.78 Å². The molecule has 0 bridgehead atoms. The summed E-state index contributed by atoms with van der Waals surface area (Å²) in [7, 11) is 0. The molecule has 0 saturated carbocycles. The van der Waals surface area contributed by atoms with E-state index in [0.717, 1.165) is 12.0 Å². The second kappa shape index (κ2) is 4.33. The van der Waals surface area contributed by atoms with Crippen LogP contribution in [0.15, 0.2) is 59.3 Å². The van der Waals surface area contributed by atoms with E-state index in [0.29, 0.717) is 17.0 Å². The van der Waals surface area contributed by atoms with Crippen molar-refractivity contribution in [3.8, 4) is 17.0 Å². The average Bonchev–Trinajstić information content (AvgIpc) is 3.08. The lowest BCUT2D eigenvalue weighted by molar-refractivity contribution is 0.111. The number of carbonyl (C=O) groups is 1. The van der Waals surface area contributed by atoms with Crippen LogP contribution in [0.25, 0.3) is 17.0 Å². The van der Waals surface area contributed by atoms with Gasteiger partial charge in [0.15, 0.2) is 6.29 Å². The quantitative estimate of drug-likeness (QED) is 0.659. The summed E-state index contributed by atoms with van der Waals surface area (Å²) in [5, 5.41) is 4.24. The predicted octanol–water partition coefficient (Wildman–Crippen LogP) is 2.94. The third-order valence-corrected chi connectivity index (χ3v) is 2.66. The van der Waals surface area contributed by atoms with Crippen molar-refractivity contribution < 1.29 is 9.21 Å². The van der Waals surface area contributed by atoms with Crippen molar-refractivity contribution in [2.75, 3.05) is 0 Å². The van der Waals surface area contributed by atoms with Crippen molar-refractivity contribution in [3.63, 3.8) is 0 Å². The molecular formula is C14H10N2O2. The molecule has 18 heavy (non-hydrogen) atoms. The van der Waals surface area contributed by atoms with Crippen LogP contribution in [0.2, 0.25) is 0 Å². The van der Waals surface area contributed by atoms with E-state index in [4.69, 9.17) is 4.42 Å². The van der Waals surface area contributed by atoms with Crippen LogP contribution in [0, 0.1) is 0 Å². The molecule has 2 heterocycles. The highest BCUT2D eigenvalue weighted by atomic mass is 16.3. The number of nitrogens with zero attached hydrogens (tertiary/aromatic N) is 2. The summed E-state index contributed by atoms with van der Waals surface area (Å²) in [6.07, 6.45) is 4.10. The molecule has 0 aliphatic rings. The number of aldehydes is 1. The summed E-state index contributed by atoms with van der Waals surface area (Å²) in [6.45, 7) is 0. The number of hydrogen-bond acceptors (Lipinski definition) is 3. The molecule has 4 heteroatoms. The van der Waals surface area contributed by atoms with Crippen LogP contribution in [0.3, 0.4) is 0 Å². The first-order valence-electron chi connectivity index (χ1n) is 5.52. The van der Waals surface area contributed by atoms with E-state index >= 15 is 0 Å². The van der Waals surface area contributed by atoms with Gasteiger partial charge in [0.2, 0.25) is 0 Å². The van der Waals surface area contributed by atoms with Crippen LogP contribution in [0.1, 0.15) is 10.5 Å². The van der Waals surface area contributed by atoms with E-state index in [1.807, 2.05) is 30.3 Å². The Kier molecular flexibility index (Phi) is 2.53. The van der Waals surface area contributed by atoms with Crippen molar-refractivity contribution in [1.29, 1.82) is 0 Å². The van der Waals surface area contributed by atoms with E-state index in [9.17, 15) is 4.79 Å². The van der Waals surface area contributed by atoms with E-state index in [1.54, 1.807) is 29.3 Å². The Morgan fingerprint density at radius 1 is 1.11 bits per heavy atom. The fourth-order valence-corrected chi connectivity index (χ4v) is 1.81. The molecule has 3 rings (SSSR count). The van der Waals surface area contributed by atoms with Gasteiger partial charge in [0.1, 0.15) is 11.5 Å². The number of para-hydroxylation sites is 1. The second-order valence-electron chi connectivity index (χ2n) is 3.80. The summed E-state index contributed by atoms with van der Waals surface area (Å²) in [5.41, 5.74) is 1.96. The van der Waals surface area contributed by atoms with Gasteiger partial charge in [0, 0.05) is 6.20 Å². The summed E-state index contributed by atoms with van der Waals surface area (Å²) < 4.78 is 6.97. The topological polar surface area (TPSA) is 48.0 Å². The lowest BCUT2D eigenvalue weighted by Gasteiger charge is -1.98. The molecule has 1 aromatic carbocycles. The Morgan fingerprint density at radius 2 is 1.94 bits per heavy atom. The average molecular weight is 238 g/mol. The minimum atomic E-state index is 0.369. The summed E-state index contributed by atoms with van der Waals surface area (Å²) in [6, 6.07) is 13.2. The van der Waals surface area contributed by atoms with Crippen molar-refractivity contribution in [3.05, 3.63) is 60.6 Å². The molecule has 2 aromatic heterocycles. The standard InChI is InChI=1S/C14H10N2O2/c17-10-13-12(14-7-4-8-18-14)9-16(15-13)11-5-2-1-3-6-11/h1-10H. The smallest absolute Gasteiger partial charge is 0.171 e. The normalized spacial score (nSPS) is 10.4. The number of benzene rings is 1. The van der Waals surface area contributed by atoms with Gasteiger partial charge >= 0.3 is 0 Å². The van der Waals surface area contributed by atoms with E-state index in [1.165, 1.54) is 0 Å². The van der Waals surface area contributed by atoms with E-state index < -0.39 is 0 Å². The zero-order chi connectivity index (χ0) is 12.4. The molecule has 0 spiro atoms. The molecule has 0 N–H and O–H groups in total. The third-order valence-electron chi connectivity index (χ3n) is 2.66. The maximum Gasteiger partial charge on any atom is 0.171 e. The van der Waals surface area contributed by atoms with Gasteiger partial charge in [0.05, 0.1) is 17.5 Å². The SMILES string of the molecule is O=Cc1nn(-c2ccccc2)cc1-c1ccco1. The summed E-state index contributed by atoms with van der Waals surface area (Å²) in [5.74, 6) is 0.638. The fraction of sp³-hybridized carbons (Fsp3) is 0. The molecule has 0 amide bonds. The molecule has 88 valence electrons. The van der Waals surface area contributed by atoms with Crippen LogP contribution in [0.4, 0.5) is 0 Å². The first-order chi connectivity index (χ1) is 8.88. The maximum absolute atomic E-state index is 11.0. The first kappa shape index (κ1) is 10.5. The Hall–Kier alpha value is -2.62. The molecule has 0 aliphatic carbocycles. The third kappa shape index (κ3) is 1.73. The van der Waals surface area contributed by atoms with Crippen LogP contribution >= 0.6 is 0 Å². The van der Waals surface area contributed by atoms with Gasteiger partial charge < -0.3 is 4.42 Å². The number of aromatic nitrogens is 2. The Morgan fingerprint density at radius 3 is 2.61 bits per heavy atom. The molecule has 4 nitrogen and oxygen atoms in total. The second-order valence-corrected chi connectivity index (χ2v) is 3.80. The number of carbonyl (C=O) groups excluding carboxylic acids is 1. The number of rotatable bonds is 3. The van der Waals surface area contributed by atoms with Crippen molar-refractivity contribution in [2.45, 2.75) is 0 Å². The van der Waals surface area contributed by atoms with Crippen LogP contribution in [-0.2, 0) is 0 Å². The van der Waals surface area contributed by atoms with Gasteiger partial charge in [-0.1, -0.05) is 18.2 Å². The Bertz CT molecular complexity index is 654. The lowest BCUT2D eigenvalue weighted by atomic mass is 10.2. The zero-order valence-electron chi connectivity index (χ0n) is 9.48. The van der Waals surface area contributed by atoms with Gasteiger partial charge in [-0.25, -0.2) is 4.68 Å². The van der Waals surface area contributed by atoms with Crippen molar-refractivity contribution >= 4 is 6.29 Å². The molecule has 0 fully saturated rings. The van der Waals surface area contributed by atoms with Crippen LogP contribution < -0.4 is 0 Å². The largest absolute Gasteiger partial charge is 0.464 e. The predicted molar refractivity (Wildman–Crippen MR) is 66.7 cm³/mol. The van der Waals surface area contributed by atoms with Gasteiger partial charge in [-0.15, -0.1) is 0 Å². The van der Waals surface area contributed by atoms with E-state index in [2.05, 4.69) is 5.10 Å². The number of hydrogen-bond donors (Lipinski definition) is 0. The molecule has 0 atom stereocenters. The Balaban J connectivity index is 2.12. The van der Waals surface area contributed by atoms with Crippen LogP contribution in [0.5, 0.6) is 0 Å². The lowest BCUT2D eigenvalue weighted by Crippen LogP contribution is -1.94. The minimum absolute atomic E-state index is 0.369. The van der Waals surface area contributed by atoms with E-state index in [-0.39, 0.29) is 0 Å². The highest BCUT2D eigenvalue weighted by molar-refractivity contribution is 5.83. The molecule has 0 saturated heterocycles. The highest BCUT2D eigenvalue weighted by Crippen LogP contribution is 2.23. The monoisotopic (exact) mass is 238 g/mol. The first-order valence-corrected chi connectivity index (χ1v) is 5.52. The molecule has 0 radical (unpaired) electrons. The maximum atomic E-state index is 11.0. The van der Waals surface area contributed by atoms with Gasteiger partial charge in [-0.05, 0) is 24.3 Å². The van der Waals surface area contributed by atoms with Gasteiger partial charge in [0.25, 0.3) is 0 Å². The number of furan rings is 1. The van der Waals surface area contributed by atoms with Crippen molar-refractivity contribution in [2.24, 2.45) is 0 Å². The Labute approximate surface area is 103 Å². The molecular weight excluding hydrogens is 228 g/mol. The minimum Gasteiger partial charge on any atom is -0.464 e. The highest BCUT2D eigenvalue weighted by Gasteiger charge is 2.13. The zero-order valence-corrected chi connectivity index (χ0v) is 9.48. The summed E-state index contributed by atoms with van der Waals surface area (Å²) >= 11 is 0. The molecule has 3 aromatic rings. The van der Waals surface area contributed by atoms with Gasteiger partial charge in [-0.3, -0.25) is 4.79 Å². The van der Waals surface area contributed by atoms with Gasteiger partial charge in [-0.2, -0.15) is 5.10 Å². The summed E-state index contributed by atoms with van der Waals surface area (Å²) in [4.78, 5) is 11.0. The van der Waals surface area contributed by atoms with Crippen LogP contribution in [-0.4, -0.2) is 16.1 Å². The molecule has 0 aliphatic heterocycles.